The van der Waals surface area contributed by atoms with Crippen molar-refractivity contribution in [1.82, 2.24) is 0 Å². The summed E-state index contributed by atoms with van der Waals surface area (Å²) in [5.74, 6) is -0.933. The van der Waals surface area contributed by atoms with E-state index in [0.717, 1.165) is 5.56 Å². The van der Waals surface area contributed by atoms with Gasteiger partial charge in [0.2, 0.25) is 0 Å². The van der Waals surface area contributed by atoms with Crippen molar-refractivity contribution in [1.29, 1.82) is 0 Å². The highest BCUT2D eigenvalue weighted by atomic mass is 35.5. The van der Waals surface area contributed by atoms with Crippen LogP contribution in [0.5, 0.6) is 0 Å². The summed E-state index contributed by atoms with van der Waals surface area (Å²) in [6.07, 6.45) is 1.20. The molecule has 0 heterocycles. The van der Waals surface area contributed by atoms with Crippen molar-refractivity contribution in [2.45, 2.75) is 25.8 Å². The van der Waals surface area contributed by atoms with Gasteiger partial charge in [-0.25, -0.2) is 0 Å². The summed E-state index contributed by atoms with van der Waals surface area (Å²) >= 11 is 0. The summed E-state index contributed by atoms with van der Waals surface area (Å²) in [5, 5.41) is 8.58. The third-order valence-corrected chi connectivity index (χ3v) is 2.18. The van der Waals surface area contributed by atoms with Crippen molar-refractivity contribution in [2.75, 3.05) is 0 Å². The first-order chi connectivity index (χ1) is 6.59. The Morgan fingerprint density at radius 2 is 1.93 bits per heavy atom. The van der Waals surface area contributed by atoms with Crippen LogP contribution in [0.25, 0.3) is 0 Å². The second kappa shape index (κ2) is 6.43. The molecule has 0 aliphatic rings. The zero-order valence-electron chi connectivity index (χ0n) is 8.64. The standard InChI is InChI=1S/C11H15NO2.ClH/c1-8-2-4-9(5-3-8)6-7-10(12)11(13)14;/h2-5,10H,6-7,12H2,1H3,(H,13,14);1H/t10-;/m0./s1. The van der Waals surface area contributed by atoms with E-state index in [9.17, 15) is 4.79 Å². The zero-order valence-corrected chi connectivity index (χ0v) is 9.46. The minimum absolute atomic E-state index is 0. The first-order valence-electron chi connectivity index (χ1n) is 4.63. The van der Waals surface area contributed by atoms with E-state index < -0.39 is 12.0 Å². The zero-order chi connectivity index (χ0) is 10.6. The molecule has 0 radical (unpaired) electrons. The normalized spacial score (nSPS) is 11.6. The number of carboxylic acids is 1. The molecular formula is C11H16ClNO2. The third-order valence-electron chi connectivity index (χ3n) is 2.18. The van der Waals surface area contributed by atoms with Crippen LogP contribution in [0.2, 0.25) is 0 Å². The van der Waals surface area contributed by atoms with Gasteiger partial charge in [0.05, 0.1) is 0 Å². The van der Waals surface area contributed by atoms with E-state index in [1.54, 1.807) is 0 Å². The van der Waals surface area contributed by atoms with Crippen molar-refractivity contribution in [3.63, 3.8) is 0 Å². The van der Waals surface area contributed by atoms with Crippen LogP contribution in [0, 0.1) is 6.92 Å². The first kappa shape index (κ1) is 13.9. The van der Waals surface area contributed by atoms with Gasteiger partial charge in [0.15, 0.2) is 0 Å². The number of nitrogens with two attached hydrogens (primary N) is 1. The number of aryl methyl sites for hydroxylation is 2. The van der Waals surface area contributed by atoms with Crippen LogP contribution in [-0.2, 0) is 11.2 Å². The molecule has 0 amide bonds. The topological polar surface area (TPSA) is 63.3 Å². The molecule has 0 unspecified atom stereocenters. The average Bonchev–Trinajstić information content (AvgIpc) is 2.16. The Labute approximate surface area is 95.7 Å². The fraction of sp³-hybridized carbons (Fsp3) is 0.364. The van der Waals surface area contributed by atoms with Crippen molar-refractivity contribution in [3.05, 3.63) is 35.4 Å². The van der Waals surface area contributed by atoms with E-state index in [0.29, 0.717) is 12.8 Å². The van der Waals surface area contributed by atoms with Gasteiger partial charge in [-0.2, -0.15) is 0 Å². The maximum absolute atomic E-state index is 10.4. The molecule has 3 N–H and O–H groups in total. The fourth-order valence-corrected chi connectivity index (χ4v) is 1.20. The summed E-state index contributed by atoms with van der Waals surface area (Å²) in [4.78, 5) is 10.4. The predicted molar refractivity (Wildman–Crippen MR) is 62.4 cm³/mol. The van der Waals surface area contributed by atoms with Crippen LogP contribution in [0.15, 0.2) is 24.3 Å². The SMILES string of the molecule is Cc1ccc(CC[C@H](N)C(=O)O)cc1.Cl. The fourth-order valence-electron chi connectivity index (χ4n) is 1.20. The number of benzene rings is 1. The Morgan fingerprint density at radius 3 is 2.40 bits per heavy atom. The lowest BCUT2D eigenvalue weighted by Crippen LogP contribution is -2.30. The molecule has 4 heteroatoms. The summed E-state index contributed by atoms with van der Waals surface area (Å²) in [7, 11) is 0. The molecule has 0 aliphatic heterocycles. The largest absolute Gasteiger partial charge is 0.480 e. The van der Waals surface area contributed by atoms with Crippen molar-refractivity contribution in [3.8, 4) is 0 Å². The van der Waals surface area contributed by atoms with E-state index in [2.05, 4.69) is 0 Å². The van der Waals surface area contributed by atoms with Crippen LogP contribution in [0.1, 0.15) is 17.5 Å². The number of halogens is 1. The Hall–Kier alpha value is -1.06. The van der Waals surface area contributed by atoms with Crippen molar-refractivity contribution < 1.29 is 9.90 Å². The van der Waals surface area contributed by atoms with Crippen LogP contribution in [0.3, 0.4) is 0 Å². The number of aliphatic carboxylic acids is 1. The maximum Gasteiger partial charge on any atom is 0.320 e. The number of carbonyl (C=O) groups is 1. The number of carboxylic acid groups (broad SMARTS) is 1. The van der Waals surface area contributed by atoms with Crippen molar-refractivity contribution >= 4 is 18.4 Å². The van der Waals surface area contributed by atoms with E-state index in [1.165, 1.54) is 5.56 Å². The first-order valence-corrected chi connectivity index (χ1v) is 4.63. The third kappa shape index (κ3) is 4.81. The second-order valence-electron chi connectivity index (χ2n) is 3.47. The van der Waals surface area contributed by atoms with Gasteiger partial charge in [-0.1, -0.05) is 29.8 Å². The van der Waals surface area contributed by atoms with Gasteiger partial charge in [0.25, 0.3) is 0 Å². The summed E-state index contributed by atoms with van der Waals surface area (Å²) < 4.78 is 0. The molecule has 1 aromatic rings. The van der Waals surface area contributed by atoms with E-state index in [1.807, 2.05) is 31.2 Å². The van der Waals surface area contributed by atoms with E-state index in [-0.39, 0.29) is 12.4 Å². The monoisotopic (exact) mass is 229 g/mol. The average molecular weight is 230 g/mol. The van der Waals surface area contributed by atoms with Gasteiger partial charge in [-0.3, -0.25) is 4.79 Å². The molecule has 0 saturated carbocycles. The lowest BCUT2D eigenvalue weighted by molar-refractivity contribution is -0.138. The Bertz CT molecular complexity index is 311. The lowest BCUT2D eigenvalue weighted by atomic mass is 10.0. The smallest absolute Gasteiger partial charge is 0.320 e. The van der Waals surface area contributed by atoms with Crippen molar-refractivity contribution in [2.24, 2.45) is 5.73 Å². The van der Waals surface area contributed by atoms with Gasteiger partial charge in [0.1, 0.15) is 6.04 Å². The Balaban J connectivity index is 0.00000196. The summed E-state index contributed by atoms with van der Waals surface area (Å²) in [5.41, 5.74) is 7.73. The predicted octanol–water partition coefficient (Wildman–Crippen LogP) is 1.76. The molecule has 0 aliphatic carbocycles. The summed E-state index contributed by atoms with van der Waals surface area (Å²) in [6, 6.07) is 7.29. The Morgan fingerprint density at radius 1 is 1.40 bits per heavy atom. The van der Waals surface area contributed by atoms with Crippen LogP contribution in [0.4, 0.5) is 0 Å². The molecule has 1 atom stereocenters. The molecule has 1 aromatic carbocycles. The molecule has 15 heavy (non-hydrogen) atoms. The Kier molecular flexibility index (Phi) is 5.97. The molecule has 0 bridgehead atoms. The van der Waals surface area contributed by atoms with Crippen LogP contribution < -0.4 is 5.73 Å². The molecule has 3 nitrogen and oxygen atoms in total. The highest BCUT2D eigenvalue weighted by molar-refractivity contribution is 5.85. The van der Waals surface area contributed by atoms with Gasteiger partial charge >= 0.3 is 5.97 Å². The minimum atomic E-state index is -0.933. The summed E-state index contributed by atoms with van der Waals surface area (Å²) in [6.45, 7) is 2.02. The van der Waals surface area contributed by atoms with Gasteiger partial charge < -0.3 is 10.8 Å². The molecular weight excluding hydrogens is 214 g/mol. The highest BCUT2D eigenvalue weighted by Crippen LogP contribution is 2.06. The quantitative estimate of drug-likeness (QED) is 0.827. The maximum atomic E-state index is 10.4. The lowest BCUT2D eigenvalue weighted by Gasteiger charge is -2.06. The van der Waals surface area contributed by atoms with Gasteiger partial charge in [-0.05, 0) is 25.3 Å². The molecule has 0 spiro atoms. The van der Waals surface area contributed by atoms with Gasteiger partial charge in [0, 0.05) is 0 Å². The van der Waals surface area contributed by atoms with E-state index in [4.69, 9.17) is 10.8 Å². The molecule has 0 aromatic heterocycles. The van der Waals surface area contributed by atoms with Crippen LogP contribution >= 0.6 is 12.4 Å². The number of hydrogen-bond donors (Lipinski definition) is 2. The molecule has 1 rings (SSSR count). The van der Waals surface area contributed by atoms with E-state index >= 15 is 0 Å². The number of rotatable bonds is 4. The highest BCUT2D eigenvalue weighted by Gasteiger charge is 2.10. The van der Waals surface area contributed by atoms with Crippen LogP contribution in [-0.4, -0.2) is 17.1 Å². The van der Waals surface area contributed by atoms with Gasteiger partial charge in [-0.15, -0.1) is 12.4 Å². The molecule has 0 saturated heterocycles. The second-order valence-corrected chi connectivity index (χ2v) is 3.47. The number of hydrogen-bond acceptors (Lipinski definition) is 2. The minimum Gasteiger partial charge on any atom is -0.480 e. The molecule has 0 fully saturated rings. The molecule has 84 valence electrons.